The van der Waals surface area contributed by atoms with Crippen LogP contribution in [0.4, 0.5) is 0 Å². The molecule has 0 aliphatic heterocycles. The van der Waals surface area contributed by atoms with Gasteiger partial charge in [0.1, 0.15) is 0 Å². The molecular weight excluding hydrogens is 534 g/mol. The van der Waals surface area contributed by atoms with Crippen LogP contribution >= 0.6 is 0 Å². The average Bonchev–Trinajstić information content (AvgIpc) is 3.45. The topological polar surface area (TPSA) is 0 Å². The zero-order valence-electron chi connectivity index (χ0n) is 19.7. The summed E-state index contributed by atoms with van der Waals surface area (Å²) in [6.07, 6.45) is 15.9. The molecule has 0 nitrogen and oxygen atoms in total. The van der Waals surface area contributed by atoms with E-state index in [1.807, 2.05) is 12.1 Å². The van der Waals surface area contributed by atoms with Crippen LogP contribution < -0.4 is 24.8 Å². The molecule has 0 aromatic heterocycles. The van der Waals surface area contributed by atoms with Gasteiger partial charge in [-0.05, 0) is 6.42 Å². The van der Waals surface area contributed by atoms with Crippen molar-refractivity contribution in [3.63, 3.8) is 0 Å². The third-order valence-electron chi connectivity index (χ3n) is 6.11. The first-order valence-corrected chi connectivity index (χ1v) is 12.9. The third kappa shape index (κ3) is 8.01. The molecule has 3 aromatic carbocycles. The predicted molar refractivity (Wildman–Crippen MR) is 133 cm³/mol. The molecule has 0 spiro atoms. The Kier molecular flexibility index (Phi) is 12.5. The maximum Gasteiger partial charge on any atom is -0.0253 e. The zero-order chi connectivity index (χ0) is 22.2. The minimum absolute atomic E-state index is 0. The molecule has 1 atom stereocenters. The summed E-state index contributed by atoms with van der Waals surface area (Å²) in [6.45, 7) is 2.15. The number of hydrogen-bond acceptors (Lipinski definition) is 0. The molecule has 0 heterocycles. The minimum atomic E-state index is 0. The zero-order valence-corrected chi connectivity index (χ0v) is 23.6. The van der Waals surface area contributed by atoms with Crippen molar-refractivity contribution >= 4 is 8.78 Å². The summed E-state index contributed by atoms with van der Waals surface area (Å²) >= 11 is 1.69. The smallest absolute Gasteiger partial charge is 0.0253 e. The van der Waals surface area contributed by atoms with E-state index in [1.54, 1.807) is 27.4 Å². The van der Waals surface area contributed by atoms with E-state index in [0.717, 1.165) is 6.42 Å². The van der Waals surface area contributed by atoms with E-state index in [0.29, 0.717) is 5.92 Å². The van der Waals surface area contributed by atoms with Gasteiger partial charge in [0.05, 0.1) is 0 Å². The van der Waals surface area contributed by atoms with Crippen molar-refractivity contribution in [2.24, 2.45) is 5.92 Å². The molecule has 1 saturated carbocycles. The number of halogens is 2. The van der Waals surface area contributed by atoms with Crippen LogP contribution in [0, 0.1) is 18.1 Å². The number of allylic oxidation sites excluding steroid dienone is 4. The number of fused-ring (bicyclic) bond motifs is 3. The summed E-state index contributed by atoms with van der Waals surface area (Å²) in [6, 6.07) is 28.5. The molecule has 34 heavy (non-hydrogen) atoms. The Hall–Kier alpha value is -1.53. The second-order valence-corrected chi connectivity index (χ2v) is 10.4. The van der Waals surface area contributed by atoms with E-state index in [1.165, 1.54) is 65.5 Å². The maximum atomic E-state index is 3.30. The molecule has 3 aromatic rings. The summed E-state index contributed by atoms with van der Waals surface area (Å²) in [4.78, 5) is 0. The van der Waals surface area contributed by atoms with Gasteiger partial charge in [0.2, 0.25) is 0 Å². The van der Waals surface area contributed by atoms with Crippen molar-refractivity contribution in [2.45, 2.75) is 45.4 Å². The number of benzene rings is 3. The predicted octanol–water partition coefficient (Wildman–Crippen LogP) is 1.81. The number of hydrogen-bond donors (Lipinski definition) is 0. The van der Waals surface area contributed by atoms with Crippen molar-refractivity contribution in [3.8, 4) is 11.1 Å². The summed E-state index contributed by atoms with van der Waals surface area (Å²) in [5.74, 6) is 0.472. The van der Waals surface area contributed by atoms with Crippen LogP contribution in [0.2, 0.25) is 0 Å². The summed E-state index contributed by atoms with van der Waals surface area (Å²) in [5.41, 5.74) is 8.09. The van der Waals surface area contributed by atoms with Crippen LogP contribution in [0.15, 0.2) is 84.9 Å². The van der Waals surface area contributed by atoms with Gasteiger partial charge in [0, 0.05) is 0 Å². The van der Waals surface area contributed by atoms with Gasteiger partial charge in [-0.15, -0.1) is 11.1 Å². The first-order valence-electron chi connectivity index (χ1n) is 11.7. The van der Waals surface area contributed by atoms with Crippen molar-refractivity contribution < 1.29 is 49.0 Å². The van der Waals surface area contributed by atoms with E-state index in [-0.39, 0.29) is 24.8 Å². The molecule has 3 aliphatic carbocycles. The second-order valence-electron chi connectivity index (χ2n) is 8.65. The Morgan fingerprint density at radius 2 is 1.47 bits per heavy atom. The first kappa shape index (κ1) is 28.7. The summed E-state index contributed by atoms with van der Waals surface area (Å²) < 4.78 is 1.80. The van der Waals surface area contributed by atoms with Gasteiger partial charge >= 0.3 is 59.5 Å². The quantitative estimate of drug-likeness (QED) is 0.310. The van der Waals surface area contributed by atoms with Gasteiger partial charge in [-0.1, -0.05) is 78.6 Å². The molecule has 0 amide bonds. The van der Waals surface area contributed by atoms with Crippen LogP contribution in [0.25, 0.3) is 16.7 Å². The fraction of sp³-hybridized carbons (Fsp3) is 0.258. The maximum absolute atomic E-state index is 3.30. The van der Waals surface area contributed by atoms with E-state index in [9.17, 15) is 0 Å². The summed E-state index contributed by atoms with van der Waals surface area (Å²) in [7, 11) is 0. The molecule has 0 saturated heterocycles. The summed E-state index contributed by atoms with van der Waals surface area (Å²) in [5, 5.41) is 0. The standard InChI is InChI=1S/C13H9.C12H11.C6H10.2ClH.Zr/c1-3-7-12-10(5-1)9-11-6-2-4-8-13(11)12;1-10-7-8-12(9-10)11-5-3-2-4-6-11;1-2-4-6-5-3-1;;;/h1-5,7-8H,9H2;2-6,8-10H,1H3;1-5H2;2*1H;/q2*-1;;;;+2/p-2. The minimum Gasteiger partial charge on any atom is -0.179 e. The van der Waals surface area contributed by atoms with Gasteiger partial charge in [0.25, 0.3) is 0 Å². The van der Waals surface area contributed by atoms with Crippen molar-refractivity contribution in [2.75, 3.05) is 0 Å². The Morgan fingerprint density at radius 3 is 2.12 bits per heavy atom. The molecule has 0 N–H and O–H groups in total. The Morgan fingerprint density at radius 1 is 0.794 bits per heavy atom. The monoisotopic (exact) mass is 562 g/mol. The molecule has 6 rings (SSSR count). The molecular formula is C31H30Cl2Zr-2. The van der Waals surface area contributed by atoms with Gasteiger partial charge < -0.3 is 24.8 Å². The average molecular weight is 565 g/mol. The van der Waals surface area contributed by atoms with Gasteiger partial charge in [-0.3, -0.25) is 6.08 Å². The fourth-order valence-corrected chi connectivity index (χ4v) is 5.24. The van der Waals surface area contributed by atoms with Gasteiger partial charge in [-0.25, -0.2) is 6.08 Å². The van der Waals surface area contributed by atoms with Crippen LogP contribution in [-0.4, -0.2) is 3.21 Å². The van der Waals surface area contributed by atoms with Gasteiger partial charge in [0.15, 0.2) is 0 Å². The largest absolute Gasteiger partial charge is 0.179 e. The van der Waals surface area contributed by atoms with E-state index in [4.69, 9.17) is 0 Å². The Bertz CT molecular complexity index is 1060. The van der Waals surface area contributed by atoms with Crippen molar-refractivity contribution in [1.82, 2.24) is 0 Å². The molecule has 0 radical (unpaired) electrons. The van der Waals surface area contributed by atoms with E-state index < -0.39 is 0 Å². The normalized spacial score (nSPS) is 16.9. The molecule has 1 fully saturated rings. The fourth-order valence-electron chi connectivity index (χ4n) is 4.37. The van der Waals surface area contributed by atoms with Crippen LogP contribution in [0.1, 0.15) is 55.7 Å². The van der Waals surface area contributed by atoms with Gasteiger partial charge in [-0.2, -0.15) is 41.5 Å². The van der Waals surface area contributed by atoms with Crippen LogP contribution in [0.5, 0.6) is 0 Å². The molecule has 0 bridgehead atoms. The second kappa shape index (κ2) is 14.8. The van der Waals surface area contributed by atoms with Crippen molar-refractivity contribution in [1.29, 1.82) is 0 Å². The third-order valence-corrected chi connectivity index (χ3v) is 7.34. The molecule has 1 unspecified atom stereocenters. The Labute approximate surface area is 232 Å². The molecule has 3 heteroatoms. The molecule has 174 valence electrons. The number of rotatable bonds is 1. The first-order chi connectivity index (χ1) is 15.7. The SMILES string of the molecule is CC1[C-]=CC(c2ccccc2)=C1.[Cl-].[Cl-].[Zr+2]=[C]1CCCCC1.[c-]1cccc2c1Cc1ccccc1-2. The van der Waals surface area contributed by atoms with E-state index >= 15 is 0 Å². The van der Waals surface area contributed by atoms with Crippen LogP contribution in [0.3, 0.4) is 0 Å². The van der Waals surface area contributed by atoms with E-state index in [2.05, 4.69) is 91.9 Å². The van der Waals surface area contributed by atoms with Crippen LogP contribution in [-0.2, 0) is 30.7 Å². The van der Waals surface area contributed by atoms with Crippen molar-refractivity contribution in [3.05, 3.63) is 114 Å². The molecule has 3 aliphatic rings. The Balaban J connectivity index is 0.000000183.